The van der Waals surface area contributed by atoms with Crippen LogP contribution in [0.25, 0.3) is 0 Å². The second-order valence-corrected chi connectivity index (χ2v) is 4.87. The van der Waals surface area contributed by atoms with Crippen LogP contribution >= 0.6 is 39.1 Å². The number of hydrogen-bond acceptors (Lipinski definition) is 1. The van der Waals surface area contributed by atoms with Crippen LogP contribution in [0.1, 0.15) is 13.3 Å². The molecule has 1 atom stereocenters. The predicted octanol–water partition coefficient (Wildman–Crippen LogP) is 4.79. The summed E-state index contributed by atoms with van der Waals surface area (Å²) in [7, 11) is 0. The highest BCUT2D eigenvalue weighted by molar-refractivity contribution is 9.09. The van der Waals surface area contributed by atoms with Crippen LogP contribution < -0.4 is 4.74 Å². The molecule has 0 fully saturated rings. The van der Waals surface area contributed by atoms with Crippen molar-refractivity contribution in [1.82, 2.24) is 0 Å². The predicted molar refractivity (Wildman–Crippen MR) is 69.5 cm³/mol. The van der Waals surface area contributed by atoms with Gasteiger partial charge < -0.3 is 4.74 Å². The van der Waals surface area contributed by atoms with Crippen LogP contribution in [0.5, 0.6) is 5.75 Å². The van der Waals surface area contributed by atoms with Crippen LogP contribution in [0.4, 0.5) is 0 Å². The Morgan fingerprint density at radius 1 is 1.27 bits per heavy atom. The summed E-state index contributed by atoms with van der Waals surface area (Å²) in [6.07, 6.45) is 1.08. The van der Waals surface area contributed by atoms with E-state index in [4.69, 9.17) is 27.9 Å². The minimum absolute atomic E-state index is 0.516. The maximum absolute atomic E-state index is 5.86. The Bertz CT molecular complexity index is 293. The molecule has 84 valence electrons. The molecule has 0 bridgehead atoms. The molecule has 15 heavy (non-hydrogen) atoms. The molecule has 1 aromatic rings. The highest BCUT2D eigenvalue weighted by Gasteiger charge is 2.06. The van der Waals surface area contributed by atoms with Crippen molar-refractivity contribution >= 4 is 39.1 Å². The van der Waals surface area contributed by atoms with Gasteiger partial charge in [0.15, 0.2) is 0 Å². The van der Waals surface area contributed by atoms with Gasteiger partial charge in [-0.3, -0.25) is 0 Å². The fourth-order valence-corrected chi connectivity index (χ4v) is 2.25. The molecule has 1 unspecified atom stereocenters. The van der Waals surface area contributed by atoms with E-state index in [2.05, 4.69) is 22.9 Å². The molecular formula is C11H13BrCl2O. The molecule has 4 heteroatoms. The van der Waals surface area contributed by atoms with Crippen LogP contribution in [-0.4, -0.2) is 11.9 Å². The van der Waals surface area contributed by atoms with E-state index in [1.807, 2.05) is 0 Å². The first-order valence-electron chi connectivity index (χ1n) is 4.80. The van der Waals surface area contributed by atoms with Gasteiger partial charge in [-0.1, -0.05) is 46.1 Å². The molecule has 1 nitrogen and oxygen atoms in total. The van der Waals surface area contributed by atoms with Crippen molar-refractivity contribution in [2.45, 2.75) is 13.3 Å². The standard InChI is InChI=1S/C11H13BrCl2O/c1-2-8(6-12)7-15-11-4-9(13)3-10(14)5-11/h3-5,8H,2,6-7H2,1H3. The first kappa shape index (κ1) is 13.1. The first-order valence-corrected chi connectivity index (χ1v) is 6.68. The number of rotatable bonds is 5. The van der Waals surface area contributed by atoms with E-state index in [9.17, 15) is 0 Å². The third-order valence-corrected chi connectivity index (χ3v) is 3.47. The molecule has 0 radical (unpaired) electrons. The van der Waals surface area contributed by atoms with Crippen molar-refractivity contribution in [1.29, 1.82) is 0 Å². The molecule has 0 aliphatic heterocycles. The van der Waals surface area contributed by atoms with Gasteiger partial charge in [-0.15, -0.1) is 0 Å². The van der Waals surface area contributed by atoms with Crippen molar-refractivity contribution in [3.05, 3.63) is 28.2 Å². The fourth-order valence-electron chi connectivity index (χ4n) is 1.10. The summed E-state index contributed by atoms with van der Waals surface area (Å²) in [6.45, 7) is 2.82. The molecule has 1 rings (SSSR count). The summed E-state index contributed by atoms with van der Waals surface area (Å²) in [5.41, 5.74) is 0. The Morgan fingerprint density at radius 2 is 1.87 bits per heavy atom. The molecule has 0 aromatic heterocycles. The molecular weight excluding hydrogens is 299 g/mol. The minimum atomic E-state index is 0.516. The molecule has 1 aromatic carbocycles. The first-order chi connectivity index (χ1) is 7.15. The molecule has 0 saturated heterocycles. The zero-order valence-electron chi connectivity index (χ0n) is 8.47. The van der Waals surface area contributed by atoms with Crippen molar-refractivity contribution < 1.29 is 4.74 Å². The van der Waals surface area contributed by atoms with Gasteiger partial charge in [0.25, 0.3) is 0 Å². The van der Waals surface area contributed by atoms with Gasteiger partial charge in [0, 0.05) is 21.3 Å². The normalized spacial score (nSPS) is 12.5. The number of halogens is 3. The van der Waals surface area contributed by atoms with E-state index in [1.54, 1.807) is 18.2 Å². The Labute approximate surface area is 109 Å². The van der Waals surface area contributed by atoms with Gasteiger partial charge in [-0.05, 0) is 24.6 Å². The SMILES string of the molecule is CCC(CBr)COc1cc(Cl)cc(Cl)c1. The average molecular weight is 312 g/mol. The van der Waals surface area contributed by atoms with Crippen LogP contribution in [0.15, 0.2) is 18.2 Å². The van der Waals surface area contributed by atoms with Gasteiger partial charge in [0.1, 0.15) is 5.75 Å². The lowest BCUT2D eigenvalue weighted by Gasteiger charge is -2.13. The molecule has 0 N–H and O–H groups in total. The zero-order valence-corrected chi connectivity index (χ0v) is 11.6. The third kappa shape index (κ3) is 4.62. The lowest BCUT2D eigenvalue weighted by Crippen LogP contribution is -2.12. The number of ether oxygens (including phenoxy) is 1. The van der Waals surface area contributed by atoms with Crippen LogP contribution in [0, 0.1) is 5.92 Å². The van der Waals surface area contributed by atoms with Crippen molar-refractivity contribution in [3.63, 3.8) is 0 Å². The van der Waals surface area contributed by atoms with Gasteiger partial charge >= 0.3 is 0 Å². The molecule has 0 aliphatic carbocycles. The summed E-state index contributed by atoms with van der Waals surface area (Å²) in [6, 6.07) is 5.24. The third-order valence-electron chi connectivity index (χ3n) is 2.12. The van der Waals surface area contributed by atoms with E-state index in [-0.39, 0.29) is 0 Å². The number of benzene rings is 1. The van der Waals surface area contributed by atoms with Crippen molar-refractivity contribution in [2.75, 3.05) is 11.9 Å². The minimum Gasteiger partial charge on any atom is -0.493 e. The Balaban J connectivity index is 2.57. The summed E-state index contributed by atoms with van der Waals surface area (Å²) in [5.74, 6) is 1.25. The Morgan fingerprint density at radius 3 is 2.33 bits per heavy atom. The molecule has 0 aliphatic rings. The quantitative estimate of drug-likeness (QED) is 0.710. The van der Waals surface area contributed by atoms with E-state index in [0.29, 0.717) is 22.6 Å². The largest absolute Gasteiger partial charge is 0.493 e. The number of hydrogen-bond donors (Lipinski definition) is 0. The van der Waals surface area contributed by atoms with Crippen molar-refractivity contribution in [2.24, 2.45) is 5.92 Å². The van der Waals surface area contributed by atoms with Gasteiger partial charge in [0.05, 0.1) is 6.61 Å². The second kappa shape index (κ2) is 6.62. The van der Waals surface area contributed by atoms with Gasteiger partial charge in [-0.25, -0.2) is 0 Å². The monoisotopic (exact) mass is 310 g/mol. The van der Waals surface area contributed by atoms with E-state index in [0.717, 1.165) is 17.5 Å². The topological polar surface area (TPSA) is 9.23 Å². The van der Waals surface area contributed by atoms with Gasteiger partial charge in [0.2, 0.25) is 0 Å². The summed E-state index contributed by atoms with van der Waals surface area (Å²) >= 11 is 15.2. The smallest absolute Gasteiger partial charge is 0.122 e. The Hall–Kier alpha value is 0.0800. The van der Waals surface area contributed by atoms with Crippen LogP contribution in [0.2, 0.25) is 10.0 Å². The fraction of sp³-hybridized carbons (Fsp3) is 0.455. The average Bonchev–Trinajstić information content (AvgIpc) is 2.18. The highest BCUT2D eigenvalue weighted by Crippen LogP contribution is 2.24. The van der Waals surface area contributed by atoms with Crippen LogP contribution in [0.3, 0.4) is 0 Å². The van der Waals surface area contributed by atoms with Gasteiger partial charge in [-0.2, -0.15) is 0 Å². The highest BCUT2D eigenvalue weighted by atomic mass is 79.9. The number of alkyl halides is 1. The van der Waals surface area contributed by atoms with Crippen LogP contribution in [-0.2, 0) is 0 Å². The summed E-state index contributed by atoms with van der Waals surface area (Å²) in [4.78, 5) is 0. The Kier molecular flexibility index (Phi) is 5.80. The molecule has 0 spiro atoms. The van der Waals surface area contributed by atoms with E-state index < -0.39 is 0 Å². The van der Waals surface area contributed by atoms with E-state index in [1.165, 1.54) is 0 Å². The molecule has 0 amide bonds. The summed E-state index contributed by atoms with van der Waals surface area (Å²) in [5, 5.41) is 2.14. The maximum atomic E-state index is 5.86. The zero-order chi connectivity index (χ0) is 11.3. The van der Waals surface area contributed by atoms with E-state index >= 15 is 0 Å². The summed E-state index contributed by atoms with van der Waals surface area (Å²) < 4.78 is 5.61. The second-order valence-electron chi connectivity index (χ2n) is 3.34. The lowest BCUT2D eigenvalue weighted by molar-refractivity contribution is 0.260. The maximum Gasteiger partial charge on any atom is 0.122 e. The molecule has 0 saturated carbocycles. The van der Waals surface area contributed by atoms with Crippen molar-refractivity contribution in [3.8, 4) is 5.75 Å². The molecule has 0 heterocycles. The lowest BCUT2D eigenvalue weighted by atomic mass is 10.1.